The predicted molar refractivity (Wildman–Crippen MR) is 93.9 cm³/mol. The number of hydrogen-bond donors (Lipinski definition) is 0. The highest BCUT2D eigenvalue weighted by molar-refractivity contribution is 5.85. The Morgan fingerprint density at radius 1 is 1.04 bits per heavy atom. The first-order valence-electron chi connectivity index (χ1n) is 8.75. The van der Waals surface area contributed by atoms with Crippen molar-refractivity contribution in [1.29, 1.82) is 0 Å². The number of likely N-dealkylation sites (tertiary alicyclic amines) is 1. The van der Waals surface area contributed by atoms with Crippen molar-refractivity contribution in [3.63, 3.8) is 0 Å². The third kappa shape index (κ3) is 2.24. The topological polar surface area (TPSA) is 29.3 Å². The lowest BCUT2D eigenvalue weighted by molar-refractivity contribution is -0.0527. The fraction of sp³-hybridized carbons (Fsp3) is 0.650. The maximum atomic E-state index is 5.81. The normalized spacial score (nSPS) is 21.0. The van der Waals surface area contributed by atoms with Crippen molar-refractivity contribution >= 4 is 11.0 Å². The molecular weight excluding hydrogens is 284 g/mol. The number of hydrogen-bond acceptors (Lipinski definition) is 3. The van der Waals surface area contributed by atoms with Crippen LogP contribution >= 0.6 is 0 Å². The maximum Gasteiger partial charge on any atom is 0.170 e. The Balaban J connectivity index is 1.68. The van der Waals surface area contributed by atoms with E-state index in [4.69, 9.17) is 4.52 Å². The highest BCUT2D eigenvalue weighted by Crippen LogP contribution is 2.48. The average Bonchev–Trinajstić information content (AvgIpc) is 2.95. The van der Waals surface area contributed by atoms with E-state index < -0.39 is 0 Å². The highest BCUT2D eigenvalue weighted by atomic mass is 16.5. The second-order valence-corrected chi connectivity index (χ2v) is 9.74. The minimum absolute atomic E-state index is 0.0231. The number of nitrogens with zero attached hydrogens (tertiary/aromatic N) is 2. The summed E-state index contributed by atoms with van der Waals surface area (Å²) in [5, 5.41) is 5.61. The van der Waals surface area contributed by atoms with Crippen LogP contribution in [-0.4, -0.2) is 28.7 Å². The molecule has 2 aliphatic rings. The van der Waals surface area contributed by atoms with Gasteiger partial charge < -0.3 is 4.52 Å². The van der Waals surface area contributed by atoms with Crippen molar-refractivity contribution in [3.05, 3.63) is 29.0 Å². The van der Waals surface area contributed by atoms with E-state index >= 15 is 0 Å². The van der Waals surface area contributed by atoms with Crippen molar-refractivity contribution in [1.82, 2.24) is 10.1 Å². The molecule has 0 amide bonds. The van der Waals surface area contributed by atoms with Crippen LogP contribution in [0.2, 0.25) is 0 Å². The van der Waals surface area contributed by atoms with Gasteiger partial charge in [0, 0.05) is 40.4 Å². The van der Waals surface area contributed by atoms with Crippen LogP contribution < -0.4 is 0 Å². The second kappa shape index (κ2) is 4.38. The largest absolute Gasteiger partial charge is 0.356 e. The summed E-state index contributed by atoms with van der Waals surface area (Å²) >= 11 is 0. The fourth-order valence-electron chi connectivity index (χ4n) is 4.30. The maximum absolute atomic E-state index is 5.81. The summed E-state index contributed by atoms with van der Waals surface area (Å²) < 4.78 is 5.81. The molecule has 1 aliphatic carbocycles. The molecule has 2 heterocycles. The summed E-state index contributed by atoms with van der Waals surface area (Å²) in [4.78, 5) is 2.59. The predicted octanol–water partition coefficient (Wildman–Crippen LogP) is 4.32. The lowest BCUT2D eigenvalue weighted by Gasteiger charge is -2.54. The zero-order valence-electron chi connectivity index (χ0n) is 15.3. The molecule has 0 atom stereocenters. The smallest absolute Gasteiger partial charge is 0.170 e. The van der Waals surface area contributed by atoms with Crippen molar-refractivity contribution < 1.29 is 4.52 Å². The monoisotopic (exact) mass is 312 g/mol. The Morgan fingerprint density at radius 3 is 2.35 bits per heavy atom. The van der Waals surface area contributed by atoms with Crippen molar-refractivity contribution in [2.45, 2.75) is 65.3 Å². The molecule has 1 spiro atoms. The van der Waals surface area contributed by atoms with E-state index in [1.165, 1.54) is 36.0 Å². The van der Waals surface area contributed by atoms with E-state index in [-0.39, 0.29) is 11.0 Å². The Labute approximate surface area is 139 Å². The van der Waals surface area contributed by atoms with Gasteiger partial charge in [-0.2, -0.15) is 0 Å². The van der Waals surface area contributed by atoms with Crippen LogP contribution in [0, 0.1) is 5.41 Å². The average molecular weight is 312 g/mol. The molecule has 1 aromatic carbocycles. The zero-order chi connectivity index (χ0) is 16.6. The van der Waals surface area contributed by atoms with Crippen LogP contribution in [0.25, 0.3) is 11.0 Å². The summed E-state index contributed by atoms with van der Waals surface area (Å²) in [7, 11) is 0. The van der Waals surface area contributed by atoms with Gasteiger partial charge in [0.15, 0.2) is 5.58 Å². The molecule has 1 saturated heterocycles. The number of benzene rings is 1. The molecule has 1 aliphatic heterocycles. The summed E-state index contributed by atoms with van der Waals surface area (Å²) in [5.74, 6) is 0. The van der Waals surface area contributed by atoms with E-state index in [2.05, 4.69) is 63.7 Å². The van der Waals surface area contributed by atoms with Crippen LogP contribution in [-0.2, 0) is 18.3 Å². The van der Waals surface area contributed by atoms with Gasteiger partial charge in [-0.15, -0.1) is 0 Å². The minimum atomic E-state index is 0.0231. The van der Waals surface area contributed by atoms with Crippen molar-refractivity contribution in [2.75, 3.05) is 13.1 Å². The van der Waals surface area contributed by atoms with Crippen LogP contribution in [0.3, 0.4) is 0 Å². The molecule has 0 unspecified atom stereocenters. The number of fused-ring (bicyclic) bond motifs is 3. The molecule has 4 rings (SSSR count). The van der Waals surface area contributed by atoms with Crippen LogP contribution in [0.5, 0.6) is 0 Å². The van der Waals surface area contributed by atoms with E-state index in [1.807, 2.05) is 0 Å². The van der Waals surface area contributed by atoms with Crippen LogP contribution in [0.15, 0.2) is 16.7 Å². The first-order valence-corrected chi connectivity index (χ1v) is 8.75. The first-order chi connectivity index (χ1) is 10.6. The summed E-state index contributed by atoms with van der Waals surface area (Å²) in [6, 6.07) is 4.54. The van der Waals surface area contributed by atoms with Gasteiger partial charge in [-0.3, -0.25) is 4.90 Å². The standard InChI is InChI=1S/C20H28N2O/c1-18(2,3)17-14-8-7-13-9-20(10-15(13)16(14)23-21-17)11-22(12-20)19(4,5)6/h7-8H,9-12H2,1-6H3. The molecule has 0 bridgehead atoms. The van der Waals surface area contributed by atoms with E-state index in [1.54, 1.807) is 0 Å². The van der Waals surface area contributed by atoms with Crippen molar-refractivity contribution in [3.8, 4) is 0 Å². The molecular formula is C20H28N2O. The molecule has 23 heavy (non-hydrogen) atoms. The quantitative estimate of drug-likeness (QED) is 0.725. The summed E-state index contributed by atoms with van der Waals surface area (Å²) in [5.41, 5.74) is 5.75. The van der Waals surface area contributed by atoms with Crippen molar-refractivity contribution in [2.24, 2.45) is 5.41 Å². The molecule has 124 valence electrons. The number of rotatable bonds is 0. The lowest BCUT2D eigenvalue weighted by atomic mass is 9.74. The van der Waals surface area contributed by atoms with Crippen LogP contribution in [0.1, 0.15) is 58.4 Å². The lowest BCUT2D eigenvalue weighted by Crippen LogP contribution is -2.63. The third-order valence-corrected chi connectivity index (χ3v) is 5.67. The Hall–Kier alpha value is -1.35. The fourth-order valence-corrected chi connectivity index (χ4v) is 4.30. The van der Waals surface area contributed by atoms with Gasteiger partial charge in [-0.05, 0) is 45.2 Å². The molecule has 0 saturated carbocycles. The molecule has 1 aromatic heterocycles. The molecule has 2 aromatic rings. The third-order valence-electron chi connectivity index (χ3n) is 5.67. The van der Waals surface area contributed by atoms with Gasteiger partial charge >= 0.3 is 0 Å². The van der Waals surface area contributed by atoms with Gasteiger partial charge in [-0.1, -0.05) is 32.0 Å². The Morgan fingerprint density at radius 2 is 1.74 bits per heavy atom. The van der Waals surface area contributed by atoms with Gasteiger partial charge in [0.1, 0.15) is 0 Å². The zero-order valence-corrected chi connectivity index (χ0v) is 15.3. The van der Waals surface area contributed by atoms with E-state index in [0.717, 1.165) is 17.7 Å². The first kappa shape index (κ1) is 15.2. The minimum Gasteiger partial charge on any atom is -0.356 e. The molecule has 3 nitrogen and oxygen atoms in total. The SMILES string of the molecule is CC(C)(C)c1noc2c3c(ccc12)CC1(C3)CN(C(C)(C)C)C1. The summed E-state index contributed by atoms with van der Waals surface area (Å²) in [6.45, 7) is 15.9. The Kier molecular flexibility index (Phi) is 2.90. The van der Waals surface area contributed by atoms with Gasteiger partial charge in [-0.25, -0.2) is 0 Å². The molecule has 1 fully saturated rings. The number of aromatic nitrogens is 1. The summed E-state index contributed by atoms with van der Waals surface area (Å²) in [6.07, 6.45) is 2.33. The van der Waals surface area contributed by atoms with Crippen LogP contribution in [0.4, 0.5) is 0 Å². The van der Waals surface area contributed by atoms with Gasteiger partial charge in [0.05, 0.1) is 5.69 Å². The molecule has 0 radical (unpaired) electrons. The Bertz CT molecular complexity index is 767. The van der Waals surface area contributed by atoms with Gasteiger partial charge in [0.2, 0.25) is 0 Å². The molecule has 0 N–H and O–H groups in total. The van der Waals surface area contributed by atoms with E-state index in [0.29, 0.717) is 5.41 Å². The molecule has 3 heteroatoms. The second-order valence-electron chi connectivity index (χ2n) is 9.74. The highest BCUT2D eigenvalue weighted by Gasteiger charge is 2.50. The van der Waals surface area contributed by atoms with Gasteiger partial charge in [0.25, 0.3) is 0 Å². The van der Waals surface area contributed by atoms with E-state index in [9.17, 15) is 0 Å².